The van der Waals surface area contributed by atoms with Gasteiger partial charge in [-0.25, -0.2) is 0 Å². The van der Waals surface area contributed by atoms with Crippen LogP contribution in [-0.4, -0.2) is 76.9 Å². The van der Waals surface area contributed by atoms with Gasteiger partial charge in [-0.1, -0.05) is 0 Å². The molecule has 1 fully saturated rings. The average molecular weight is 305 g/mol. The number of aliphatic hydroxyl groups is 3. The van der Waals surface area contributed by atoms with Crippen LogP contribution in [0.4, 0.5) is 0 Å². The molecule has 9 heteroatoms. The fraction of sp³-hybridized carbons (Fsp3) is 0.833. The molecule has 0 spiro atoms. The highest BCUT2D eigenvalue weighted by molar-refractivity contribution is 5.73. The summed E-state index contributed by atoms with van der Waals surface area (Å²) >= 11 is 0. The molecule has 21 heavy (non-hydrogen) atoms. The van der Waals surface area contributed by atoms with E-state index in [1.807, 2.05) is 0 Å². The standard InChI is InChI=1S/C12H21N2O7/c1-5(7(13)3-15)20-12-9(14-6(2)17)11(19)10(18)8(4-16)21-12/h5,7-12,16,18-19H,4,13H2,1-2H3,(H,14,17)/t5-,7-,8-,9-,10+,11-,12+/m1/s1. The Kier molecular flexibility index (Phi) is 6.65. The van der Waals surface area contributed by atoms with Crippen LogP contribution in [0.1, 0.15) is 13.8 Å². The van der Waals surface area contributed by atoms with E-state index in [0.29, 0.717) is 0 Å². The molecule has 1 heterocycles. The Hall–Kier alpha value is -1.10. The van der Waals surface area contributed by atoms with Crippen molar-refractivity contribution in [2.45, 2.75) is 56.6 Å². The Morgan fingerprint density at radius 1 is 1.48 bits per heavy atom. The molecular weight excluding hydrogens is 284 g/mol. The number of ether oxygens (including phenoxy) is 2. The average Bonchev–Trinajstić information content (AvgIpc) is 2.45. The minimum atomic E-state index is -1.41. The van der Waals surface area contributed by atoms with Crippen LogP contribution in [0.3, 0.4) is 0 Å². The van der Waals surface area contributed by atoms with Gasteiger partial charge in [-0.15, -0.1) is 0 Å². The van der Waals surface area contributed by atoms with Crippen molar-refractivity contribution in [1.82, 2.24) is 5.32 Å². The molecule has 0 aromatic carbocycles. The predicted molar refractivity (Wildman–Crippen MR) is 69.6 cm³/mol. The molecule has 0 unspecified atom stereocenters. The molecule has 1 aliphatic heterocycles. The van der Waals surface area contributed by atoms with E-state index in [-0.39, 0.29) is 0 Å². The highest BCUT2D eigenvalue weighted by Crippen LogP contribution is 2.23. The van der Waals surface area contributed by atoms with Crippen molar-refractivity contribution in [3.8, 4) is 0 Å². The SMILES string of the molecule is CC(=O)N[C@H]1[C@@H](O[C@H](C)[C@H](N)[C]=O)O[C@H](CO)[C@H](O)[C@@H]1O. The minimum absolute atomic E-state index is 0.468. The zero-order valence-corrected chi connectivity index (χ0v) is 11.8. The third-order valence-electron chi connectivity index (χ3n) is 3.24. The summed E-state index contributed by atoms with van der Waals surface area (Å²) in [5.41, 5.74) is 5.46. The van der Waals surface area contributed by atoms with E-state index in [1.54, 1.807) is 6.29 Å². The van der Waals surface area contributed by atoms with Gasteiger partial charge < -0.3 is 35.8 Å². The summed E-state index contributed by atoms with van der Waals surface area (Å²) in [6.07, 6.45) is -4.32. The van der Waals surface area contributed by atoms with Gasteiger partial charge in [0.05, 0.1) is 18.8 Å². The number of aliphatic hydroxyl groups excluding tert-OH is 3. The van der Waals surface area contributed by atoms with Crippen LogP contribution in [-0.2, 0) is 19.1 Å². The summed E-state index contributed by atoms with van der Waals surface area (Å²) < 4.78 is 10.7. The number of nitrogens with one attached hydrogen (secondary N) is 1. The third-order valence-corrected chi connectivity index (χ3v) is 3.24. The van der Waals surface area contributed by atoms with Gasteiger partial charge in [-0.2, -0.15) is 0 Å². The van der Waals surface area contributed by atoms with E-state index < -0.39 is 55.3 Å². The first-order chi connectivity index (χ1) is 9.81. The number of carbonyl (C=O) groups excluding carboxylic acids is 2. The zero-order chi connectivity index (χ0) is 16.2. The summed E-state index contributed by atoms with van der Waals surface area (Å²) in [6.45, 7) is 2.17. The maximum Gasteiger partial charge on any atom is 0.219 e. The van der Waals surface area contributed by atoms with Gasteiger partial charge in [-0.05, 0) is 6.92 Å². The molecular formula is C12H21N2O7. The summed E-state index contributed by atoms with van der Waals surface area (Å²) in [6, 6.07) is -2.11. The highest BCUT2D eigenvalue weighted by Gasteiger charge is 2.46. The smallest absolute Gasteiger partial charge is 0.219 e. The molecule has 1 aliphatic rings. The first kappa shape index (κ1) is 18.0. The monoisotopic (exact) mass is 305 g/mol. The highest BCUT2D eigenvalue weighted by atomic mass is 16.7. The van der Waals surface area contributed by atoms with Crippen LogP contribution in [0.25, 0.3) is 0 Å². The van der Waals surface area contributed by atoms with Crippen LogP contribution in [0.2, 0.25) is 0 Å². The lowest BCUT2D eigenvalue weighted by atomic mass is 9.97. The number of hydrogen-bond donors (Lipinski definition) is 5. The van der Waals surface area contributed by atoms with Crippen LogP contribution >= 0.6 is 0 Å². The lowest BCUT2D eigenvalue weighted by molar-refractivity contribution is -0.280. The summed E-state index contributed by atoms with van der Waals surface area (Å²) in [7, 11) is 0. The van der Waals surface area contributed by atoms with E-state index in [2.05, 4.69) is 5.32 Å². The van der Waals surface area contributed by atoms with Crippen molar-refractivity contribution in [2.75, 3.05) is 6.61 Å². The lowest BCUT2D eigenvalue weighted by Crippen LogP contribution is -2.65. The van der Waals surface area contributed by atoms with Crippen molar-refractivity contribution >= 4 is 12.2 Å². The summed E-state index contributed by atoms with van der Waals surface area (Å²) in [4.78, 5) is 21.7. The van der Waals surface area contributed by atoms with E-state index in [0.717, 1.165) is 0 Å². The molecule has 1 amide bonds. The van der Waals surface area contributed by atoms with Crippen molar-refractivity contribution in [3.63, 3.8) is 0 Å². The largest absolute Gasteiger partial charge is 0.394 e. The van der Waals surface area contributed by atoms with Gasteiger partial charge in [-0.3, -0.25) is 9.59 Å². The zero-order valence-electron chi connectivity index (χ0n) is 11.8. The van der Waals surface area contributed by atoms with E-state index in [1.165, 1.54) is 13.8 Å². The normalized spacial score (nSPS) is 35.8. The van der Waals surface area contributed by atoms with E-state index in [9.17, 15) is 19.8 Å². The third kappa shape index (κ3) is 4.43. The molecule has 0 bridgehead atoms. The fourth-order valence-electron chi connectivity index (χ4n) is 1.98. The van der Waals surface area contributed by atoms with Crippen molar-refractivity contribution in [3.05, 3.63) is 0 Å². The maximum absolute atomic E-state index is 11.2. The number of hydrogen-bond acceptors (Lipinski definition) is 8. The van der Waals surface area contributed by atoms with Crippen LogP contribution in [0.5, 0.6) is 0 Å². The molecule has 121 valence electrons. The number of amides is 1. The van der Waals surface area contributed by atoms with Crippen molar-refractivity contribution in [2.24, 2.45) is 5.73 Å². The number of carbonyl (C=O) groups is 1. The molecule has 9 nitrogen and oxygen atoms in total. The Labute approximate surface area is 122 Å². The molecule has 0 aromatic heterocycles. The van der Waals surface area contributed by atoms with E-state index in [4.69, 9.17) is 20.3 Å². The van der Waals surface area contributed by atoms with E-state index >= 15 is 0 Å². The van der Waals surface area contributed by atoms with Gasteiger partial charge in [0.1, 0.15) is 24.4 Å². The Bertz CT molecular complexity index is 368. The molecule has 0 saturated carbocycles. The first-order valence-corrected chi connectivity index (χ1v) is 6.50. The number of nitrogens with two attached hydrogens (primary N) is 1. The number of rotatable bonds is 6. The maximum atomic E-state index is 11.2. The van der Waals surface area contributed by atoms with Gasteiger partial charge in [0.2, 0.25) is 12.2 Å². The predicted octanol–water partition coefficient (Wildman–Crippen LogP) is -3.23. The summed E-state index contributed by atoms with van der Waals surface area (Å²) in [5.74, 6) is -0.468. The molecule has 1 saturated heterocycles. The minimum Gasteiger partial charge on any atom is -0.394 e. The first-order valence-electron chi connectivity index (χ1n) is 6.50. The van der Waals surface area contributed by atoms with Gasteiger partial charge >= 0.3 is 0 Å². The Morgan fingerprint density at radius 2 is 2.10 bits per heavy atom. The molecule has 7 atom stereocenters. The summed E-state index contributed by atoms with van der Waals surface area (Å²) in [5, 5.41) is 31.3. The second kappa shape index (κ2) is 7.78. The molecule has 0 aromatic rings. The quantitative estimate of drug-likeness (QED) is 0.343. The topological polar surface area (TPSA) is 151 Å². The second-order valence-electron chi connectivity index (χ2n) is 4.92. The van der Waals surface area contributed by atoms with Gasteiger partial charge in [0, 0.05) is 6.92 Å². The van der Waals surface area contributed by atoms with Crippen LogP contribution in [0.15, 0.2) is 0 Å². The second-order valence-corrected chi connectivity index (χ2v) is 4.92. The lowest BCUT2D eigenvalue weighted by Gasteiger charge is -2.43. The van der Waals surface area contributed by atoms with Crippen LogP contribution < -0.4 is 11.1 Å². The Morgan fingerprint density at radius 3 is 2.57 bits per heavy atom. The Balaban J connectivity index is 2.87. The molecule has 1 rings (SSSR count). The molecule has 0 aliphatic carbocycles. The van der Waals surface area contributed by atoms with Crippen molar-refractivity contribution in [1.29, 1.82) is 0 Å². The fourth-order valence-corrected chi connectivity index (χ4v) is 1.98. The molecule has 1 radical (unpaired) electrons. The van der Waals surface area contributed by atoms with Crippen molar-refractivity contribution < 1.29 is 34.4 Å². The van der Waals surface area contributed by atoms with Gasteiger partial charge in [0.25, 0.3) is 0 Å². The molecule has 6 N–H and O–H groups in total. The van der Waals surface area contributed by atoms with Crippen LogP contribution in [0, 0.1) is 0 Å². The van der Waals surface area contributed by atoms with Gasteiger partial charge in [0.15, 0.2) is 6.29 Å².